The SMILES string of the molecule is N#Cc1cccc(CS(=O)(=O)NCCNC(=O)c2ccc(Cl)cc2)c1. The first-order valence-corrected chi connectivity index (χ1v) is 9.43. The molecule has 2 aromatic carbocycles. The van der Waals surface area contributed by atoms with Gasteiger partial charge >= 0.3 is 0 Å². The van der Waals surface area contributed by atoms with Crippen molar-refractivity contribution in [2.24, 2.45) is 0 Å². The number of nitrogens with one attached hydrogen (secondary N) is 2. The molecule has 130 valence electrons. The Bertz CT molecular complexity index is 890. The van der Waals surface area contributed by atoms with Gasteiger partial charge in [0.05, 0.1) is 17.4 Å². The summed E-state index contributed by atoms with van der Waals surface area (Å²) in [5.41, 5.74) is 1.38. The van der Waals surface area contributed by atoms with E-state index in [0.717, 1.165) is 0 Å². The van der Waals surface area contributed by atoms with E-state index in [2.05, 4.69) is 10.0 Å². The summed E-state index contributed by atoms with van der Waals surface area (Å²) in [5.74, 6) is -0.536. The highest BCUT2D eigenvalue weighted by Crippen LogP contribution is 2.09. The topological polar surface area (TPSA) is 99.1 Å². The van der Waals surface area contributed by atoms with E-state index >= 15 is 0 Å². The Hall–Kier alpha value is -2.40. The van der Waals surface area contributed by atoms with E-state index in [1.165, 1.54) is 6.07 Å². The first-order chi connectivity index (χ1) is 11.9. The van der Waals surface area contributed by atoms with Crippen molar-refractivity contribution < 1.29 is 13.2 Å². The minimum absolute atomic E-state index is 0.0691. The fourth-order valence-corrected chi connectivity index (χ4v) is 3.35. The minimum atomic E-state index is -3.56. The summed E-state index contributed by atoms with van der Waals surface area (Å²) >= 11 is 5.75. The largest absolute Gasteiger partial charge is 0.351 e. The molecule has 2 rings (SSSR count). The molecule has 0 heterocycles. The molecule has 0 aromatic heterocycles. The van der Waals surface area contributed by atoms with Crippen LogP contribution in [0.2, 0.25) is 5.02 Å². The van der Waals surface area contributed by atoms with Crippen LogP contribution < -0.4 is 10.0 Å². The van der Waals surface area contributed by atoms with Crippen LogP contribution in [0, 0.1) is 11.3 Å². The van der Waals surface area contributed by atoms with Crippen LogP contribution in [0.15, 0.2) is 48.5 Å². The monoisotopic (exact) mass is 377 g/mol. The Balaban J connectivity index is 1.81. The van der Waals surface area contributed by atoms with Crippen LogP contribution in [0.1, 0.15) is 21.5 Å². The first kappa shape index (κ1) is 18.9. The standard InChI is InChI=1S/C17H16ClN3O3S/c18-16-6-4-15(5-7-16)17(22)20-8-9-21-25(23,24)12-14-3-1-2-13(10-14)11-19/h1-7,10,21H,8-9,12H2,(H,20,22). The molecule has 0 atom stereocenters. The van der Waals surface area contributed by atoms with Crippen molar-refractivity contribution in [3.05, 3.63) is 70.2 Å². The second-order valence-electron chi connectivity index (χ2n) is 5.23. The van der Waals surface area contributed by atoms with Crippen LogP contribution in [-0.4, -0.2) is 27.4 Å². The zero-order chi connectivity index (χ0) is 18.3. The lowest BCUT2D eigenvalue weighted by atomic mass is 10.2. The summed E-state index contributed by atoms with van der Waals surface area (Å²) in [6.45, 7) is 0.221. The van der Waals surface area contributed by atoms with E-state index in [0.29, 0.717) is 21.7 Å². The summed E-state index contributed by atoms with van der Waals surface area (Å²) in [6.07, 6.45) is 0. The molecular weight excluding hydrogens is 362 g/mol. The van der Waals surface area contributed by atoms with E-state index in [-0.39, 0.29) is 24.7 Å². The van der Waals surface area contributed by atoms with Gasteiger partial charge in [0, 0.05) is 23.7 Å². The number of sulfonamides is 1. The second-order valence-corrected chi connectivity index (χ2v) is 7.47. The quantitative estimate of drug-likeness (QED) is 0.721. The van der Waals surface area contributed by atoms with Crippen LogP contribution >= 0.6 is 11.6 Å². The number of nitriles is 1. The van der Waals surface area contributed by atoms with Crippen LogP contribution in [0.25, 0.3) is 0 Å². The molecule has 8 heteroatoms. The Morgan fingerprint density at radius 2 is 1.84 bits per heavy atom. The van der Waals surface area contributed by atoms with Crippen molar-refractivity contribution in [1.29, 1.82) is 5.26 Å². The Morgan fingerprint density at radius 3 is 2.52 bits per heavy atom. The van der Waals surface area contributed by atoms with Crippen molar-refractivity contribution in [2.45, 2.75) is 5.75 Å². The van der Waals surface area contributed by atoms with Gasteiger partial charge in [0.2, 0.25) is 10.0 Å². The van der Waals surface area contributed by atoms with Crippen LogP contribution in [0.3, 0.4) is 0 Å². The number of hydrogen-bond acceptors (Lipinski definition) is 4. The number of carbonyl (C=O) groups excluding carboxylic acids is 1. The third-order valence-corrected chi connectivity index (χ3v) is 4.86. The number of amides is 1. The summed E-state index contributed by atoms with van der Waals surface area (Å²) in [4.78, 5) is 11.9. The van der Waals surface area contributed by atoms with E-state index in [1.54, 1.807) is 42.5 Å². The van der Waals surface area contributed by atoms with Gasteiger partial charge in [0.25, 0.3) is 5.91 Å². The Kier molecular flexibility index (Phi) is 6.53. The van der Waals surface area contributed by atoms with Crippen LogP contribution in [0.5, 0.6) is 0 Å². The smallest absolute Gasteiger partial charge is 0.251 e. The maximum absolute atomic E-state index is 12.0. The molecule has 2 N–H and O–H groups in total. The molecule has 2 aromatic rings. The molecule has 25 heavy (non-hydrogen) atoms. The van der Waals surface area contributed by atoms with Crippen molar-refractivity contribution in [2.75, 3.05) is 13.1 Å². The van der Waals surface area contributed by atoms with Gasteiger partial charge < -0.3 is 5.32 Å². The van der Waals surface area contributed by atoms with E-state index in [4.69, 9.17) is 16.9 Å². The van der Waals surface area contributed by atoms with Gasteiger partial charge in [-0.05, 0) is 42.0 Å². The molecule has 0 aliphatic rings. The average molecular weight is 378 g/mol. The molecule has 0 spiro atoms. The van der Waals surface area contributed by atoms with Gasteiger partial charge in [-0.2, -0.15) is 5.26 Å². The molecule has 0 aliphatic heterocycles. The normalized spacial score (nSPS) is 10.9. The lowest BCUT2D eigenvalue weighted by molar-refractivity contribution is 0.0954. The second kappa shape index (κ2) is 8.62. The van der Waals surface area contributed by atoms with Gasteiger partial charge in [0.15, 0.2) is 0 Å². The lowest BCUT2D eigenvalue weighted by Gasteiger charge is -2.08. The highest BCUT2D eigenvalue weighted by atomic mass is 35.5. The maximum Gasteiger partial charge on any atom is 0.251 e. The van der Waals surface area contributed by atoms with Gasteiger partial charge in [0.1, 0.15) is 0 Å². The number of halogens is 1. The van der Waals surface area contributed by atoms with Gasteiger partial charge in [-0.15, -0.1) is 0 Å². The third-order valence-electron chi connectivity index (χ3n) is 3.25. The van der Waals surface area contributed by atoms with Crippen LogP contribution in [0.4, 0.5) is 0 Å². The summed E-state index contributed by atoms with van der Waals surface area (Å²) in [5, 5.41) is 12.0. The highest BCUT2D eigenvalue weighted by molar-refractivity contribution is 7.88. The average Bonchev–Trinajstić information content (AvgIpc) is 2.59. The molecule has 0 radical (unpaired) electrons. The number of rotatable bonds is 7. The molecule has 0 unspecified atom stereocenters. The van der Waals surface area contributed by atoms with Crippen molar-refractivity contribution >= 4 is 27.5 Å². The van der Waals surface area contributed by atoms with Crippen molar-refractivity contribution in [3.63, 3.8) is 0 Å². The Labute approximate surface area is 151 Å². The number of carbonyl (C=O) groups is 1. The van der Waals surface area contributed by atoms with Gasteiger partial charge in [-0.25, -0.2) is 13.1 Å². The summed E-state index contributed by atoms with van der Waals surface area (Å²) in [7, 11) is -3.56. The zero-order valence-electron chi connectivity index (χ0n) is 13.2. The van der Waals surface area contributed by atoms with E-state index < -0.39 is 10.0 Å². The number of benzene rings is 2. The molecule has 0 fully saturated rings. The number of hydrogen-bond donors (Lipinski definition) is 2. The van der Waals surface area contributed by atoms with Crippen molar-refractivity contribution in [1.82, 2.24) is 10.0 Å². The predicted molar refractivity (Wildman–Crippen MR) is 95.6 cm³/mol. The summed E-state index contributed by atoms with van der Waals surface area (Å²) < 4.78 is 26.5. The lowest BCUT2D eigenvalue weighted by Crippen LogP contribution is -2.35. The molecule has 0 saturated carbocycles. The fraction of sp³-hybridized carbons (Fsp3) is 0.176. The van der Waals surface area contributed by atoms with Crippen molar-refractivity contribution in [3.8, 4) is 6.07 Å². The van der Waals surface area contributed by atoms with E-state index in [9.17, 15) is 13.2 Å². The van der Waals surface area contributed by atoms with Gasteiger partial charge in [-0.1, -0.05) is 23.7 Å². The first-order valence-electron chi connectivity index (χ1n) is 7.40. The molecule has 0 saturated heterocycles. The number of nitrogens with zero attached hydrogens (tertiary/aromatic N) is 1. The molecule has 0 aliphatic carbocycles. The zero-order valence-corrected chi connectivity index (χ0v) is 14.8. The highest BCUT2D eigenvalue weighted by Gasteiger charge is 2.12. The van der Waals surface area contributed by atoms with Gasteiger partial charge in [-0.3, -0.25) is 4.79 Å². The maximum atomic E-state index is 12.0. The molecular formula is C17H16ClN3O3S. The summed E-state index contributed by atoms with van der Waals surface area (Å²) in [6, 6.07) is 14.8. The van der Waals surface area contributed by atoms with Crippen LogP contribution in [-0.2, 0) is 15.8 Å². The molecule has 6 nitrogen and oxygen atoms in total. The fourth-order valence-electron chi connectivity index (χ4n) is 2.09. The van der Waals surface area contributed by atoms with E-state index in [1.807, 2.05) is 6.07 Å². The Morgan fingerprint density at radius 1 is 1.12 bits per heavy atom. The minimum Gasteiger partial charge on any atom is -0.351 e. The third kappa shape index (κ3) is 6.19. The predicted octanol–water partition coefficient (Wildman–Crippen LogP) is 2.06. The molecule has 1 amide bonds. The molecule has 0 bridgehead atoms.